The Morgan fingerprint density at radius 1 is 1.50 bits per heavy atom. The maximum absolute atomic E-state index is 12.0. The summed E-state index contributed by atoms with van der Waals surface area (Å²) in [5.74, 6) is -0.421. The van der Waals surface area contributed by atoms with Crippen molar-refractivity contribution in [1.82, 2.24) is 10.6 Å². The Bertz CT molecular complexity index is 485. The Balaban J connectivity index is 2.09. The molecule has 1 heterocycles. The molecule has 4 N–H and O–H groups in total. The fourth-order valence-corrected chi connectivity index (χ4v) is 2.03. The van der Waals surface area contributed by atoms with Crippen molar-refractivity contribution in [1.29, 1.82) is 0 Å². The van der Waals surface area contributed by atoms with Crippen LogP contribution in [0.5, 0.6) is 0 Å². The summed E-state index contributed by atoms with van der Waals surface area (Å²) in [5, 5.41) is 5.44. The average Bonchev–Trinajstić information content (AvgIpc) is 2.32. The predicted molar refractivity (Wildman–Crippen MR) is 69.1 cm³/mol. The van der Waals surface area contributed by atoms with Crippen molar-refractivity contribution >= 4 is 17.5 Å². The van der Waals surface area contributed by atoms with Gasteiger partial charge in [0.15, 0.2) is 0 Å². The first-order chi connectivity index (χ1) is 8.58. The number of piperidine rings is 1. The van der Waals surface area contributed by atoms with Crippen LogP contribution < -0.4 is 16.4 Å². The number of anilines is 1. The number of rotatable bonds is 2. The van der Waals surface area contributed by atoms with E-state index in [9.17, 15) is 9.59 Å². The highest BCUT2D eigenvalue weighted by atomic mass is 16.2. The minimum atomic E-state index is -0.452. The van der Waals surface area contributed by atoms with Crippen LogP contribution >= 0.6 is 0 Å². The minimum absolute atomic E-state index is 0.125. The quantitative estimate of drug-likeness (QED) is 0.669. The second kappa shape index (κ2) is 5.08. The molecule has 0 aliphatic carbocycles. The van der Waals surface area contributed by atoms with E-state index in [0.29, 0.717) is 24.2 Å². The van der Waals surface area contributed by atoms with Crippen LogP contribution in [0.4, 0.5) is 5.69 Å². The number of aryl methyl sites for hydroxylation is 1. The highest BCUT2D eigenvalue weighted by Crippen LogP contribution is 2.14. The largest absolute Gasteiger partial charge is 0.398 e. The van der Waals surface area contributed by atoms with E-state index in [4.69, 9.17) is 5.73 Å². The van der Waals surface area contributed by atoms with Gasteiger partial charge in [0.05, 0.1) is 5.56 Å². The Morgan fingerprint density at radius 2 is 2.28 bits per heavy atom. The van der Waals surface area contributed by atoms with Gasteiger partial charge in [-0.2, -0.15) is 0 Å². The molecule has 1 fully saturated rings. The molecule has 2 amide bonds. The molecule has 2 rings (SSSR count). The summed E-state index contributed by atoms with van der Waals surface area (Å²) in [5.41, 5.74) is 7.65. The van der Waals surface area contributed by atoms with Crippen molar-refractivity contribution < 1.29 is 9.59 Å². The SMILES string of the molecule is Cc1ccc(C(=O)NC2CCCNC2=O)c(N)c1. The molecule has 0 spiro atoms. The van der Waals surface area contributed by atoms with Crippen molar-refractivity contribution in [3.05, 3.63) is 29.3 Å². The van der Waals surface area contributed by atoms with E-state index in [2.05, 4.69) is 10.6 Å². The zero-order chi connectivity index (χ0) is 13.1. The van der Waals surface area contributed by atoms with Gasteiger partial charge in [0.2, 0.25) is 5.91 Å². The van der Waals surface area contributed by atoms with Gasteiger partial charge in [-0.05, 0) is 37.5 Å². The lowest BCUT2D eigenvalue weighted by Crippen LogP contribution is -2.50. The molecule has 18 heavy (non-hydrogen) atoms. The van der Waals surface area contributed by atoms with Gasteiger partial charge in [-0.25, -0.2) is 0 Å². The van der Waals surface area contributed by atoms with Crippen LogP contribution in [0, 0.1) is 6.92 Å². The van der Waals surface area contributed by atoms with Crippen molar-refractivity contribution in [3.63, 3.8) is 0 Å². The molecule has 0 saturated carbocycles. The molecular weight excluding hydrogens is 230 g/mol. The second-order valence-corrected chi connectivity index (χ2v) is 4.55. The second-order valence-electron chi connectivity index (χ2n) is 4.55. The lowest BCUT2D eigenvalue weighted by Gasteiger charge is -2.23. The van der Waals surface area contributed by atoms with Gasteiger partial charge in [-0.1, -0.05) is 6.07 Å². The predicted octanol–water partition coefficient (Wildman–Crippen LogP) is 0.586. The summed E-state index contributed by atoms with van der Waals surface area (Å²) in [4.78, 5) is 23.6. The van der Waals surface area contributed by atoms with Crippen molar-refractivity contribution in [2.45, 2.75) is 25.8 Å². The maximum atomic E-state index is 12.0. The van der Waals surface area contributed by atoms with Crippen molar-refractivity contribution in [3.8, 4) is 0 Å². The van der Waals surface area contributed by atoms with E-state index in [1.807, 2.05) is 13.0 Å². The zero-order valence-electron chi connectivity index (χ0n) is 10.3. The molecule has 1 unspecified atom stereocenters. The highest BCUT2D eigenvalue weighted by Gasteiger charge is 2.24. The first-order valence-electron chi connectivity index (χ1n) is 6.02. The van der Waals surface area contributed by atoms with Crippen LogP contribution in [0.2, 0.25) is 0 Å². The third kappa shape index (κ3) is 2.61. The summed E-state index contributed by atoms with van der Waals surface area (Å²) in [7, 11) is 0. The zero-order valence-corrected chi connectivity index (χ0v) is 10.3. The number of nitrogen functional groups attached to an aromatic ring is 1. The fraction of sp³-hybridized carbons (Fsp3) is 0.385. The summed E-state index contributed by atoms with van der Waals surface area (Å²) < 4.78 is 0. The number of benzene rings is 1. The van der Waals surface area contributed by atoms with Gasteiger partial charge < -0.3 is 16.4 Å². The smallest absolute Gasteiger partial charge is 0.254 e. The van der Waals surface area contributed by atoms with Gasteiger partial charge in [-0.15, -0.1) is 0 Å². The molecule has 0 aromatic heterocycles. The minimum Gasteiger partial charge on any atom is -0.398 e. The number of hydrogen-bond donors (Lipinski definition) is 3. The fourth-order valence-electron chi connectivity index (χ4n) is 2.03. The van der Waals surface area contributed by atoms with E-state index in [0.717, 1.165) is 12.0 Å². The number of nitrogens with two attached hydrogens (primary N) is 1. The molecule has 1 aromatic carbocycles. The van der Waals surface area contributed by atoms with Gasteiger partial charge in [0.25, 0.3) is 5.91 Å². The molecule has 1 aromatic rings. The molecule has 1 aliphatic heterocycles. The van der Waals surface area contributed by atoms with Gasteiger partial charge >= 0.3 is 0 Å². The van der Waals surface area contributed by atoms with Gasteiger partial charge in [0.1, 0.15) is 6.04 Å². The molecule has 1 aliphatic rings. The van der Waals surface area contributed by atoms with Gasteiger partial charge in [0, 0.05) is 12.2 Å². The summed E-state index contributed by atoms with van der Waals surface area (Å²) in [6.07, 6.45) is 1.55. The van der Waals surface area contributed by atoms with Gasteiger partial charge in [-0.3, -0.25) is 9.59 Å². The topological polar surface area (TPSA) is 84.2 Å². The Labute approximate surface area is 106 Å². The van der Waals surface area contributed by atoms with Crippen LogP contribution in [0.15, 0.2) is 18.2 Å². The molecule has 96 valence electrons. The Kier molecular flexibility index (Phi) is 3.50. The van der Waals surface area contributed by atoms with Crippen LogP contribution in [-0.2, 0) is 4.79 Å². The highest BCUT2D eigenvalue weighted by molar-refractivity contribution is 6.01. The summed E-state index contributed by atoms with van der Waals surface area (Å²) >= 11 is 0. The number of nitrogens with one attached hydrogen (secondary N) is 2. The average molecular weight is 247 g/mol. The normalized spacial score (nSPS) is 19.2. The molecule has 5 heteroatoms. The molecule has 1 saturated heterocycles. The lowest BCUT2D eigenvalue weighted by atomic mass is 10.0. The van der Waals surface area contributed by atoms with E-state index < -0.39 is 6.04 Å². The Morgan fingerprint density at radius 3 is 2.94 bits per heavy atom. The maximum Gasteiger partial charge on any atom is 0.254 e. The molecule has 0 radical (unpaired) electrons. The number of carbonyl (C=O) groups is 2. The number of hydrogen-bond acceptors (Lipinski definition) is 3. The number of amides is 2. The monoisotopic (exact) mass is 247 g/mol. The first kappa shape index (κ1) is 12.4. The Hall–Kier alpha value is -2.04. The lowest BCUT2D eigenvalue weighted by molar-refractivity contribution is -0.124. The van der Waals surface area contributed by atoms with Crippen LogP contribution in [0.3, 0.4) is 0 Å². The first-order valence-corrected chi connectivity index (χ1v) is 6.02. The van der Waals surface area contributed by atoms with E-state index >= 15 is 0 Å². The third-order valence-corrected chi connectivity index (χ3v) is 3.04. The van der Waals surface area contributed by atoms with E-state index in [-0.39, 0.29) is 11.8 Å². The van der Waals surface area contributed by atoms with Crippen molar-refractivity contribution in [2.24, 2.45) is 0 Å². The summed E-state index contributed by atoms with van der Waals surface area (Å²) in [6.45, 7) is 2.59. The van der Waals surface area contributed by atoms with Crippen molar-refractivity contribution in [2.75, 3.05) is 12.3 Å². The number of carbonyl (C=O) groups excluding carboxylic acids is 2. The third-order valence-electron chi connectivity index (χ3n) is 3.04. The molecule has 1 atom stereocenters. The van der Waals surface area contributed by atoms with Crippen LogP contribution in [0.1, 0.15) is 28.8 Å². The van der Waals surface area contributed by atoms with Crippen LogP contribution in [0.25, 0.3) is 0 Å². The van der Waals surface area contributed by atoms with E-state index in [1.54, 1.807) is 12.1 Å². The molecule has 0 bridgehead atoms. The standard InChI is InChI=1S/C13H17N3O2/c1-8-4-5-9(10(14)7-8)12(17)16-11-3-2-6-15-13(11)18/h4-5,7,11H,2-3,6,14H2,1H3,(H,15,18)(H,16,17). The molecule has 5 nitrogen and oxygen atoms in total. The van der Waals surface area contributed by atoms with Crippen LogP contribution in [-0.4, -0.2) is 24.4 Å². The van der Waals surface area contributed by atoms with E-state index in [1.165, 1.54) is 0 Å². The summed E-state index contributed by atoms with van der Waals surface area (Å²) in [6, 6.07) is 4.80. The molecular formula is C13H17N3O2.